The number of H-pyrrole nitrogens is 1. The maximum absolute atomic E-state index is 12.9. The van der Waals surface area contributed by atoms with Crippen molar-refractivity contribution in [3.63, 3.8) is 0 Å². The first-order chi connectivity index (χ1) is 13.4. The number of aromatic nitrogens is 1. The van der Waals surface area contributed by atoms with Gasteiger partial charge in [0.25, 0.3) is 0 Å². The average Bonchev–Trinajstić information content (AvgIpc) is 3.13. The first kappa shape index (κ1) is 19.1. The summed E-state index contributed by atoms with van der Waals surface area (Å²) in [5.74, 6) is 0.114. The van der Waals surface area contributed by atoms with Gasteiger partial charge in [-0.2, -0.15) is 0 Å². The number of amides is 1. The molecule has 3 nitrogen and oxygen atoms in total. The van der Waals surface area contributed by atoms with Gasteiger partial charge in [-0.3, -0.25) is 4.79 Å². The third-order valence-corrected chi connectivity index (χ3v) is 6.13. The van der Waals surface area contributed by atoms with Crippen LogP contribution in [-0.2, 0) is 4.79 Å². The molecule has 1 N–H and O–H groups in total. The number of carbonyl (C=O) groups excluding carboxylic acids is 1. The summed E-state index contributed by atoms with van der Waals surface area (Å²) < 4.78 is 0. The van der Waals surface area contributed by atoms with Crippen molar-refractivity contribution in [2.24, 2.45) is 0 Å². The number of rotatable bonds is 4. The van der Waals surface area contributed by atoms with E-state index in [9.17, 15) is 4.79 Å². The Bertz CT molecular complexity index is 1110. The molecule has 2 aromatic carbocycles. The summed E-state index contributed by atoms with van der Waals surface area (Å²) in [6.45, 7) is 6.79. The van der Waals surface area contributed by atoms with Crippen LogP contribution < -0.4 is 0 Å². The molecule has 1 unspecified atom stereocenters. The van der Waals surface area contributed by atoms with E-state index in [-0.39, 0.29) is 11.9 Å². The molecule has 0 fully saturated rings. The first-order valence-corrected chi connectivity index (χ1v) is 10.2. The Morgan fingerprint density at radius 2 is 1.86 bits per heavy atom. The number of para-hydroxylation sites is 1. The minimum Gasteiger partial charge on any atom is -0.354 e. The highest BCUT2D eigenvalue weighted by Crippen LogP contribution is 2.46. The van der Waals surface area contributed by atoms with Crippen molar-refractivity contribution in [3.8, 4) is 11.3 Å². The molecule has 1 atom stereocenters. The van der Waals surface area contributed by atoms with Gasteiger partial charge in [-0.15, -0.1) is 0 Å². The van der Waals surface area contributed by atoms with Crippen LogP contribution in [0.1, 0.15) is 38.8 Å². The van der Waals surface area contributed by atoms with Gasteiger partial charge in [0.15, 0.2) is 0 Å². The molecule has 1 aliphatic rings. The van der Waals surface area contributed by atoms with Gasteiger partial charge in [-0.05, 0) is 50.1 Å². The lowest BCUT2D eigenvalue weighted by atomic mass is 9.93. The van der Waals surface area contributed by atoms with Crippen molar-refractivity contribution in [2.75, 3.05) is 6.54 Å². The van der Waals surface area contributed by atoms with E-state index in [2.05, 4.69) is 31.0 Å². The number of halogens is 2. The zero-order valence-electron chi connectivity index (χ0n) is 16.1. The number of nitrogens with one attached hydrogen (secondary N) is 1. The van der Waals surface area contributed by atoms with Crippen molar-refractivity contribution >= 4 is 40.0 Å². The van der Waals surface area contributed by atoms with Gasteiger partial charge in [0, 0.05) is 39.2 Å². The SMILES string of the molecule is CCCN1C(=O)C(C)=C(C)C1c1c(-c2ccc(Cl)cc2Cl)[nH]c2ccccc12. The standard InChI is InChI=1S/C23H22Cl2N2O/c1-4-11-27-22(13(2)14(3)23(27)28)20-17-7-5-6-8-19(17)26-21(20)16-10-9-15(24)12-18(16)25/h5-10,12,22,26H,4,11H2,1-3H3. The molecule has 2 heterocycles. The number of carbonyl (C=O) groups is 1. The quantitative estimate of drug-likeness (QED) is 0.503. The third kappa shape index (κ3) is 2.94. The van der Waals surface area contributed by atoms with Crippen molar-refractivity contribution < 1.29 is 4.79 Å². The highest BCUT2D eigenvalue weighted by molar-refractivity contribution is 6.36. The Morgan fingerprint density at radius 1 is 1.11 bits per heavy atom. The van der Waals surface area contributed by atoms with Crippen molar-refractivity contribution in [1.82, 2.24) is 9.88 Å². The molecule has 144 valence electrons. The molecule has 0 aliphatic carbocycles. The number of benzene rings is 2. The molecule has 4 rings (SSSR count). The van der Waals surface area contributed by atoms with Crippen molar-refractivity contribution in [1.29, 1.82) is 0 Å². The minimum atomic E-state index is -0.106. The molecular formula is C23H22Cl2N2O. The van der Waals surface area contributed by atoms with Gasteiger partial charge in [-0.1, -0.05) is 48.3 Å². The van der Waals surface area contributed by atoms with Crippen LogP contribution in [0.5, 0.6) is 0 Å². The molecule has 1 amide bonds. The number of hydrogen-bond donors (Lipinski definition) is 1. The normalized spacial score (nSPS) is 17.2. The summed E-state index contributed by atoms with van der Waals surface area (Å²) in [4.78, 5) is 18.4. The predicted molar refractivity (Wildman–Crippen MR) is 117 cm³/mol. The van der Waals surface area contributed by atoms with E-state index in [4.69, 9.17) is 23.2 Å². The summed E-state index contributed by atoms with van der Waals surface area (Å²) in [7, 11) is 0. The molecule has 5 heteroatoms. The first-order valence-electron chi connectivity index (χ1n) is 9.48. The molecule has 0 saturated heterocycles. The van der Waals surface area contributed by atoms with Gasteiger partial charge in [0.05, 0.1) is 16.8 Å². The Hall–Kier alpha value is -2.23. The monoisotopic (exact) mass is 412 g/mol. The topological polar surface area (TPSA) is 36.1 Å². The maximum atomic E-state index is 12.9. The summed E-state index contributed by atoms with van der Waals surface area (Å²) in [6.07, 6.45) is 0.905. The lowest BCUT2D eigenvalue weighted by Crippen LogP contribution is -2.31. The van der Waals surface area contributed by atoms with E-state index in [1.165, 1.54) is 0 Å². The Labute approximate surface area is 174 Å². The fraction of sp³-hybridized carbons (Fsp3) is 0.261. The molecular weight excluding hydrogens is 391 g/mol. The molecule has 3 aromatic rings. The van der Waals surface area contributed by atoms with Gasteiger partial charge in [0.2, 0.25) is 5.91 Å². The van der Waals surface area contributed by atoms with Crippen LogP contribution in [0.4, 0.5) is 0 Å². The predicted octanol–water partition coefficient (Wildman–Crippen LogP) is 6.77. The average molecular weight is 413 g/mol. The van der Waals surface area contributed by atoms with Gasteiger partial charge < -0.3 is 9.88 Å². The van der Waals surface area contributed by atoms with Crippen molar-refractivity contribution in [3.05, 3.63) is 69.2 Å². The third-order valence-electron chi connectivity index (χ3n) is 5.58. The fourth-order valence-electron chi connectivity index (χ4n) is 4.14. The second-order valence-electron chi connectivity index (χ2n) is 7.29. The summed E-state index contributed by atoms with van der Waals surface area (Å²) in [5, 5.41) is 2.29. The van der Waals surface area contributed by atoms with Crippen LogP contribution in [0.2, 0.25) is 10.0 Å². The Balaban J connectivity index is 2.02. The van der Waals surface area contributed by atoms with E-state index >= 15 is 0 Å². The molecule has 0 radical (unpaired) electrons. The van der Waals surface area contributed by atoms with Crippen molar-refractivity contribution in [2.45, 2.75) is 33.2 Å². The van der Waals surface area contributed by atoms with E-state index in [1.807, 2.05) is 36.1 Å². The van der Waals surface area contributed by atoms with Gasteiger partial charge in [0.1, 0.15) is 0 Å². The van der Waals surface area contributed by atoms with E-state index in [0.29, 0.717) is 16.6 Å². The second-order valence-corrected chi connectivity index (χ2v) is 8.14. The Kier molecular flexibility index (Phi) is 4.98. The van der Waals surface area contributed by atoms with Gasteiger partial charge in [-0.25, -0.2) is 0 Å². The molecule has 0 bridgehead atoms. The van der Waals surface area contributed by atoms with Gasteiger partial charge >= 0.3 is 0 Å². The number of fused-ring (bicyclic) bond motifs is 1. The highest BCUT2D eigenvalue weighted by atomic mass is 35.5. The largest absolute Gasteiger partial charge is 0.354 e. The van der Waals surface area contributed by atoms with Crippen LogP contribution in [0, 0.1) is 0 Å². The van der Waals surface area contributed by atoms with Crippen LogP contribution in [0.25, 0.3) is 22.2 Å². The molecule has 1 aromatic heterocycles. The minimum absolute atomic E-state index is 0.106. The highest BCUT2D eigenvalue weighted by Gasteiger charge is 2.38. The molecule has 0 saturated carbocycles. The number of nitrogens with zero attached hydrogens (tertiary/aromatic N) is 1. The van der Waals surface area contributed by atoms with Crippen LogP contribution in [0.15, 0.2) is 53.6 Å². The van der Waals surface area contributed by atoms with Crippen LogP contribution in [-0.4, -0.2) is 22.3 Å². The summed E-state index contributed by atoms with van der Waals surface area (Å²) >= 11 is 12.7. The second kappa shape index (κ2) is 7.31. The smallest absolute Gasteiger partial charge is 0.250 e. The lowest BCUT2D eigenvalue weighted by molar-refractivity contribution is -0.127. The summed E-state index contributed by atoms with van der Waals surface area (Å²) in [6, 6.07) is 13.6. The summed E-state index contributed by atoms with van der Waals surface area (Å²) in [5.41, 5.74) is 5.87. The zero-order valence-corrected chi connectivity index (χ0v) is 17.7. The zero-order chi connectivity index (χ0) is 20.0. The lowest BCUT2D eigenvalue weighted by Gasteiger charge is -2.27. The number of hydrogen-bond acceptors (Lipinski definition) is 1. The molecule has 1 aliphatic heterocycles. The Morgan fingerprint density at radius 3 is 2.57 bits per heavy atom. The van der Waals surface area contributed by atoms with E-state index in [1.54, 1.807) is 6.07 Å². The fourth-order valence-corrected chi connectivity index (χ4v) is 4.64. The van der Waals surface area contributed by atoms with E-state index in [0.717, 1.165) is 45.3 Å². The molecule has 28 heavy (non-hydrogen) atoms. The van der Waals surface area contributed by atoms with E-state index < -0.39 is 0 Å². The molecule has 0 spiro atoms. The van der Waals surface area contributed by atoms with Crippen LogP contribution >= 0.6 is 23.2 Å². The number of aromatic amines is 1. The maximum Gasteiger partial charge on any atom is 0.250 e. The van der Waals surface area contributed by atoms with Crippen LogP contribution in [0.3, 0.4) is 0 Å².